The van der Waals surface area contributed by atoms with Crippen LogP contribution in [0.4, 0.5) is 5.69 Å². The van der Waals surface area contributed by atoms with Crippen molar-refractivity contribution in [2.75, 3.05) is 18.4 Å². The van der Waals surface area contributed by atoms with Crippen molar-refractivity contribution in [2.24, 2.45) is 5.92 Å². The standard InChI is InChI=1S/C34H43N3O3/c1-5-20-37(21-6-2)34(40)29-15-11-14-28(23-29)33(39)36-31(22-26-12-9-8-10-13-26)24-27(7-3)32(38)35-30-18-16-25(4)17-19-30/h8-19,23,27,31H,5-7,20-22,24H2,1-4H3,(H,35,38)(H,36,39). The lowest BCUT2D eigenvalue weighted by Gasteiger charge is -2.24. The predicted octanol–water partition coefficient (Wildman–Crippen LogP) is 6.65. The Morgan fingerprint density at radius 2 is 1.45 bits per heavy atom. The smallest absolute Gasteiger partial charge is 0.253 e. The topological polar surface area (TPSA) is 78.5 Å². The van der Waals surface area contributed by atoms with E-state index >= 15 is 0 Å². The molecule has 0 aliphatic heterocycles. The Morgan fingerprint density at radius 3 is 2.08 bits per heavy atom. The average molecular weight is 542 g/mol. The van der Waals surface area contributed by atoms with E-state index in [1.54, 1.807) is 24.3 Å². The summed E-state index contributed by atoms with van der Waals surface area (Å²) >= 11 is 0. The Morgan fingerprint density at radius 1 is 0.800 bits per heavy atom. The van der Waals surface area contributed by atoms with E-state index in [-0.39, 0.29) is 29.7 Å². The molecule has 0 spiro atoms. The van der Waals surface area contributed by atoms with E-state index in [1.807, 2.05) is 73.3 Å². The highest BCUT2D eigenvalue weighted by Gasteiger charge is 2.24. The number of rotatable bonds is 14. The van der Waals surface area contributed by atoms with Crippen LogP contribution in [-0.2, 0) is 11.2 Å². The van der Waals surface area contributed by atoms with E-state index < -0.39 is 0 Å². The Bertz CT molecular complexity index is 1230. The molecule has 0 saturated carbocycles. The zero-order chi connectivity index (χ0) is 28.9. The Balaban J connectivity index is 1.77. The summed E-state index contributed by atoms with van der Waals surface area (Å²) in [5.74, 6) is -0.641. The number of aryl methyl sites for hydroxylation is 1. The first-order chi connectivity index (χ1) is 19.3. The summed E-state index contributed by atoms with van der Waals surface area (Å²) in [5.41, 5.74) is 3.93. The minimum absolute atomic E-state index is 0.0572. The normalized spacial score (nSPS) is 12.3. The van der Waals surface area contributed by atoms with E-state index in [9.17, 15) is 14.4 Å². The van der Waals surface area contributed by atoms with Gasteiger partial charge in [-0.1, -0.05) is 74.9 Å². The van der Waals surface area contributed by atoms with Gasteiger partial charge in [0.1, 0.15) is 0 Å². The fourth-order valence-electron chi connectivity index (χ4n) is 4.88. The molecule has 2 N–H and O–H groups in total. The van der Waals surface area contributed by atoms with E-state index in [0.29, 0.717) is 43.5 Å². The van der Waals surface area contributed by atoms with Gasteiger partial charge in [-0.25, -0.2) is 0 Å². The lowest BCUT2D eigenvalue weighted by molar-refractivity contribution is -0.120. The number of hydrogen-bond acceptors (Lipinski definition) is 3. The second-order valence-electron chi connectivity index (χ2n) is 10.4. The third-order valence-corrected chi connectivity index (χ3v) is 7.06. The van der Waals surface area contributed by atoms with Gasteiger partial charge in [0.2, 0.25) is 5.91 Å². The molecule has 3 amide bonds. The maximum atomic E-state index is 13.5. The number of benzene rings is 3. The molecule has 0 saturated heterocycles. The van der Waals surface area contributed by atoms with Crippen LogP contribution in [0, 0.1) is 12.8 Å². The molecule has 3 aromatic carbocycles. The van der Waals surface area contributed by atoms with Gasteiger partial charge in [-0.3, -0.25) is 14.4 Å². The zero-order valence-electron chi connectivity index (χ0n) is 24.3. The molecule has 3 aromatic rings. The molecule has 6 heteroatoms. The van der Waals surface area contributed by atoms with E-state index in [4.69, 9.17) is 0 Å². The summed E-state index contributed by atoms with van der Waals surface area (Å²) in [5, 5.41) is 6.21. The van der Waals surface area contributed by atoms with Gasteiger partial charge in [0.25, 0.3) is 11.8 Å². The summed E-state index contributed by atoms with van der Waals surface area (Å²) in [6.07, 6.45) is 3.49. The van der Waals surface area contributed by atoms with Gasteiger partial charge in [0, 0.05) is 41.9 Å². The molecule has 0 aromatic heterocycles. The van der Waals surface area contributed by atoms with Crippen molar-refractivity contribution in [1.82, 2.24) is 10.2 Å². The van der Waals surface area contributed by atoms with Gasteiger partial charge in [0.05, 0.1) is 0 Å². The van der Waals surface area contributed by atoms with Crippen molar-refractivity contribution in [1.29, 1.82) is 0 Å². The highest BCUT2D eigenvalue weighted by molar-refractivity contribution is 6.00. The second kappa shape index (κ2) is 15.6. The minimum atomic E-state index is -0.278. The molecule has 212 valence electrons. The highest BCUT2D eigenvalue weighted by Crippen LogP contribution is 2.19. The van der Waals surface area contributed by atoms with Gasteiger partial charge in [-0.05, 0) is 74.9 Å². The van der Waals surface area contributed by atoms with E-state index in [2.05, 4.69) is 24.5 Å². The quantitative estimate of drug-likeness (QED) is 0.240. The van der Waals surface area contributed by atoms with Crippen molar-refractivity contribution in [3.8, 4) is 0 Å². The first-order valence-electron chi connectivity index (χ1n) is 14.5. The van der Waals surface area contributed by atoms with Gasteiger partial charge in [-0.2, -0.15) is 0 Å². The Kier molecular flexibility index (Phi) is 11.9. The second-order valence-corrected chi connectivity index (χ2v) is 10.4. The molecule has 2 atom stereocenters. The molecule has 0 aliphatic rings. The van der Waals surface area contributed by atoms with Crippen LogP contribution in [0.1, 0.15) is 78.3 Å². The summed E-state index contributed by atoms with van der Waals surface area (Å²) in [6, 6.07) is 24.4. The Labute approximate surface area is 239 Å². The number of hydrogen-bond donors (Lipinski definition) is 2. The van der Waals surface area contributed by atoms with Crippen LogP contribution < -0.4 is 10.6 Å². The van der Waals surface area contributed by atoms with Crippen LogP contribution in [0.5, 0.6) is 0 Å². The van der Waals surface area contributed by atoms with Crippen LogP contribution in [0.3, 0.4) is 0 Å². The highest BCUT2D eigenvalue weighted by atomic mass is 16.2. The summed E-state index contributed by atoms with van der Waals surface area (Å²) in [7, 11) is 0. The average Bonchev–Trinajstić information content (AvgIpc) is 2.97. The molecule has 3 rings (SSSR count). The van der Waals surface area contributed by atoms with Gasteiger partial charge >= 0.3 is 0 Å². The molecule has 0 fully saturated rings. The molecule has 40 heavy (non-hydrogen) atoms. The Hall–Kier alpha value is -3.93. The molecule has 0 heterocycles. The van der Waals surface area contributed by atoms with Crippen LogP contribution in [0.2, 0.25) is 0 Å². The lowest BCUT2D eigenvalue weighted by Crippen LogP contribution is -2.40. The fourth-order valence-corrected chi connectivity index (χ4v) is 4.88. The fraction of sp³-hybridized carbons (Fsp3) is 0.382. The van der Waals surface area contributed by atoms with Crippen LogP contribution >= 0.6 is 0 Å². The molecule has 0 aliphatic carbocycles. The van der Waals surface area contributed by atoms with Crippen molar-refractivity contribution in [2.45, 2.75) is 65.8 Å². The first-order valence-corrected chi connectivity index (χ1v) is 14.5. The maximum absolute atomic E-state index is 13.5. The molecule has 0 bridgehead atoms. The van der Waals surface area contributed by atoms with Crippen molar-refractivity contribution < 1.29 is 14.4 Å². The van der Waals surface area contributed by atoms with Crippen molar-refractivity contribution >= 4 is 23.4 Å². The van der Waals surface area contributed by atoms with Crippen molar-refractivity contribution in [3.63, 3.8) is 0 Å². The number of carbonyl (C=O) groups is 3. The molecule has 2 unspecified atom stereocenters. The maximum Gasteiger partial charge on any atom is 0.253 e. The summed E-state index contributed by atoms with van der Waals surface area (Å²) in [4.78, 5) is 41.6. The van der Waals surface area contributed by atoms with Gasteiger partial charge in [0.15, 0.2) is 0 Å². The van der Waals surface area contributed by atoms with Crippen LogP contribution in [0.25, 0.3) is 0 Å². The molecule has 0 radical (unpaired) electrons. The zero-order valence-corrected chi connectivity index (χ0v) is 24.3. The van der Waals surface area contributed by atoms with Crippen LogP contribution in [-0.4, -0.2) is 41.8 Å². The first kappa shape index (κ1) is 30.6. The monoisotopic (exact) mass is 541 g/mol. The number of amides is 3. The molecular formula is C34H43N3O3. The van der Waals surface area contributed by atoms with E-state index in [1.165, 1.54) is 0 Å². The molecular weight excluding hydrogens is 498 g/mol. The largest absolute Gasteiger partial charge is 0.349 e. The van der Waals surface area contributed by atoms with Gasteiger partial charge < -0.3 is 15.5 Å². The molecule has 6 nitrogen and oxygen atoms in total. The number of nitrogens with zero attached hydrogens (tertiary/aromatic N) is 1. The summed E-state index contributed by atoms with van der Waals surface area (Å²) < 4.78 is 0. The van der Waals surface area contributed by atoms with E-state index in [0.717, 1.165) is 29.7 Å². The number of anilines is 1. The third kappa shape index (κ3) is 9.08. The lowest BCUT2D eigenvalue weighted by atomic mass is 9.92. The SMILES string of the molecule is CCCN(CCC)C(=O)c1cccc(C(=O)NC(Cc2ccccc2)CC(CC)C(=O)Nc2ccc(C)cc2)c1. The third-order valence-electron chi connectivity index (χ3n) is 7.06. The number of nitrogens with one attached hydrogen (secondary N) is 2. The minimum Gasteiger partial charge on any atom is -0.349 e. The van der Waals surface area contributed by atoms with Crippen LogP contribution in [0.15, 0.2) is 78.9 Å². The number of carbonyl (C=O) groups excluding carboxylic acids is 3. The summed E-state index contributed by atoms with van der Waals surface area (Å²) in [6.45, 7) is 9.48. The van der Waals surface area contributed by atoms with Gasteiger partial charge in [-0.15, -0.1) is 0 Å². The van der Waals surface area contributed by atoms with Crippen molar-refractivity contribution in [3.05, 3.63) is 101 Å². The predicted molar refractivity (Wildman–Crippen MR) is 163 cm³/mol.